The van der Waals surface area contributed by atoms with Gasteiger partial charge in [-0.2, -0.15) is 0 Å². The first-order chi connectivity index (χ1) is 29.9. The molecule has 0 unspecified atom stereocenters. The highest BCUT2D eigenvalue weighted by atomic mass is 19.1. The van der Waals surface area contributed by atoms with Crippen LogP contribution in [0.2, 0.25) is 0 Å². The highest BCUT2D eigenvalue weighted by molar-refractivity contribution is 6.59. The second-order valence-corrected chi connectivity index (χ2v) is 15.3. The van der Waals surface area contributed by atoms with Gasteiger partial charge in [0.25, 0.3) is 11.8 Å². The third kappa shape index (κ3) is 16.0. The van der Waals surface area contributed by atoms with Crippen LogP contribution in [0.5, 0.6) is 0 Å². The van der Waals surface area contributed by atoms with Crippen LogP contribution in [0, 0.1) is 17.6 Å². The van der Waals surface area contributed by atoms with Crippen LogP contribution in [0.15, 0.2) is 36.4 Å². The van der Waals surface area contributed by atoms with E-state index in [0.29, 0.717) is 64.3 Å². The SMILES string of the molecule is CC[C@@H](CCCCNC(=O)[C@H](CNC(=O)CCCCCNC(=O)c1ccc(B(O)O)cc1F)NC(=O)c1ccc(B(O)O)cc1F)C(=O)N1CCC[C@H]1C(=O)N[C@H](C(=O)O)[C@@H](C)O. The molecule has 0 radical (unpaired) electrons. The predicted octanol–water partition coefficient (Wildman–Crippen LogP) is -2.22. The molecular formula is C40H56B2F2N6O13. The van der Waals surface area contributed by atoms with Gasteiger partial charge in [-0.1, -0.05) is 31.9 Å². The van der Waals surface area contributed by atoms with Gasteiger partial charge in [0, 0.05) is 38.5 Å². The summed E-state index contributed by atoms with van der Waals surface area (Å²) in [7, 11) is -3.89. The van der Waals surface area contributed by atoms with E-state index >= 15 is 0 Å². The molecule has 2 aromatic rings. The molecule has 344 valence electrons. The van der Waals surface area contributed by atoms with E-state index < -0.39 is 97.1 Å². The number of rotatable bonds is 25. The maximum atomic E-state index is 14.8. The van der Waals surface area contributed by atoms with Gasteiger partial charge in [-0.3, -0.25) is 28.8 Å². The predicted molar refractivity (Wildman–Crippen MR) is 224 cm³/mol. The summed E-state index contributed by atoms with van der Waals surface area (Å²) in [5, 5.41) is 68.6. The van der Waals surface area contributed by atoms with Gasteiger partial charge in [0.1, 0.15) is 23.7 Å². The molecule has 1 aliphatic heterocycles. The second-order valence-electron chi connectivity index (χ2n) is 15.3. The molecule has 0 bridgehead atoms. The minimum absolute atomic E-state index is 0.000264. The Labute approximate surface area is 363 Å². The normalized spacial score (nSPS) is 15.3. The van der Waals surface area contributed by atoms with Crippen molar-refractivity contribution in [1.82, 2.24) is 31.5 Å². The average molecular weight is 889 g/mol. The number of amides is 6. The minimum atomic E-state index is -1.99. The van der Waals surface area contributed by atoms with E-state index in [1.165, 1.54) is 17.9 Å². The number of carboxylic acid groups (broad SMARTS) is 1. The van der Waals surface area contributed by atoms with Gasteiger partial charge in [0.05, 0.1) is 17.2 Å². The van der Waals surface area contributed by atoms with Gasteiger partial charge in [-0.05, 0) is 87.1 Å². The molecule has 5 atom stereocenters. The Morgan fingerprint density at radius 3 is 1.94 bits per heavy atom. The van der Waals surface area contributed by atoms with Gasteiger partial charge < -0.3 is 61.8 Å². The van der Waals surface area contributed by atoms with Gasteiger partial charge in [0.15, 0.2) is 6.04 Å². The molecule has 1 fully saturated rings. The minimum Gasteiger partial charge on any atom is -0.480 e. The summed E-state index contributed by atoms with van der Waals surface area (Å²) < 4.78 is 29.0. The van der Waals surface area contributed by atoms with Crippen molar-refractivity contribution in [1.29, 1.82) is 0 Å². The van der Waals surface area contributed by atoms with Crippen LogP contribution in [0.4, 0.5) is 8.78 Å². The number of halogens is 2. The first-order valence-electron chi connectivity index (χ1n) is 20.8. The van der Waals surface area contributed by atoms with Gasteiger partial charge in [-0.25, -0.2) is 13.6 Å². The molecule has 11 N–H and O–H groups in total. The van der Waals surface area contributed by atoms with Crippen LogP contribution in [-0.4, -0.2) is 141 Å². The Bertz CT molecular complexity index is 1930. The number of hydrogen-bond acceptors (Lipinski definition) is 12. The van der Waals surface area contributed by atoms with E-state index in [1.807, 2.05) is 6.92 Å². The molecule has 6 amide bonds. The summed E-state index contributed by atoms with van der Waals surface area (Å²) in [6, 6.07) is 2.25. The lowest BCUT2D eigenvalue weighted by Crippen LogP contribution is -2.54. The number of aliphatic hydroxyl groups excluding tert-OH is 1. The van der Waals surface area contributed by atoms with Gasteiger partial charge in [-0.15, -0.1) is 0 Å². The molecule has 0 aromatic heterocycles. The lowest BCUT2D eigenvalue weighted by Gasteiger charge is -2.29. The van der Waals surface area contributed by atoms with Crippen molar-refractivity contribution >= 4 is 66.6 Å². The molecule has 1 aliphatic rings. The Morgan fingerprint density at radius 2 is 1.38 bits per heavy atom. The number of aliphatic hydroxyl groups is 1. The average Bonchev–Trinajstić information content (AvgIpc) is 3.73. The molecule has 2 aromatic carbocycles. The molecule has 0 aliphatic carbocycles. The van der Waals surface area contributed by atoms with E-state index in [4.69, 9.17) is 10.0 Å². The van der Waals surface area contributed by atoms with E-state index in [9.17, 15) is 62.6 Å². The first-order valence-corrected chi connectivity index (χ1v) is 20.8. The van der Waals surface area contributed by atoms with Gasteiger partial charge >= 0.3 is 20.2 Å². The van der Waals surface area contributed by atoms with Crippen molar-refractivity contribution in [3.05, 3.63) is 59.2 Å². The third-order valence-electron chi connectivity index (χ3n) is 10.6. The fourth-order valence-corrected chi connectivity index (χ4v) is 6.91. The molecule has 19 nitrogen and oxygen atoms in total. The number of benzene rings is 2. The number of nitrogens with zero attached hydrogens (tertiary/aromatic N) is 1. The van der Waals surface area contributed by atoms with Crippen LogP contribution >= 0.6 is 0 Å². The van der Waals surface area contributed by atoms with E-state index in [1.54, 1.807) is 0 Å². The molecule has 0 spiro atoms. The number of hydrogen-bond donors (Lipinski definition) is 11. The van der Waals surface area contributed by atoms with Crippen molar-refractivity contribution in [2.45, 2.75) is 102 Å². The highest BCUT2D eigenvalue weighted by Gasteiger charge is 2.38. The molecule has 23 heteroatoms. The maximum Gasteiger partial charge on any atom is 0.488 e. The van der Waals surface area contributed by atoms with Crippen molar-refractivity contribution in [3.8, 4) is 0 Å². The Hall–Kier alpha value is -5.48. The second kappa shape index (κ2) is 25.6. The largest absolute Gasteiger partial charge is 0.488 e. The van der Waals surface area contributed by atoms with E-state index in [-0.39, 0.29) is 48.5 Å². The summed E-state index contributed by atoms with van der Waals surface area (Å²) in [6.45, 7) is 3.21. The number of carbonyl (C=O) groups excluding carboxylic acids is 6. The topological polar surface area (TPSA) is 304 Å². The van der Waals surface area contributed by atoms with Crippen LogP contribution in [-0.2, 0) is 24.0 Å². The molecule has 3 rings (SSSR count). The van der Waals surface area contributed by atoms with Crippen LogP contribution in [0.25, 0.3) is 0 Å². The summed E-state index contributed by atoms with van der Waals surface area (Å²) >= 11 is 0. The van der Waals surface area contributed by atoms with E-state index in [0.717, 1.165) is 30.3 Å². The number of unbranched alkanes of at least 4 members (excludes halogenated alkanes) is 3. The van der Waals surface area contributed by atoms with Crippen molar-refractivity contribution < 1.29 is 72.7 Å². The molecule has 1 saturated heterocycles. The zero-order valence-electron chi connectivity index (χ0n) is 35.1. The van der Waals surface area contributed by atoms with E-state index in [2.05, 4.69) is 26.6 Å². The maximum absolute atomic E-state index is 14.8. The number of aliphatic carboxylic acids is 1. The van der Waals surface area contributed by atoms with Crippen molar-refractivity contribution in [2.75, 3.05) is 26.2 Å². The zero-order valence-corrected chi connectivity index (χ0v) is 35.1. The molecule has 63 heavy (non-hydrogen) atoms. The Balaban J connectivity index is 1.51. The monoisotopic (exact) mass is 888 g/mol. The highest BCUT2D eigenvalue weighted by Crippen LogP contribution is 2.24. The quantitative estimate of drug-likeness (QED) is 0.0373. The standard InChI is InChI=1S/C40H56B2F2N6O13/c1-3-24(39(57)50-19-9-11-32(50)38(56)49-34(23(2)51)40(58)59)10-6-8-18-46-37(55)31(48-36(54)28-16-14-26(42(62)63)21-30(28)44)22-47-33(52)12-5-4-7-17-45-35(53)27-15-13-25(41(60)61)20-29(27)43/h13-16,20-21,23-24,31-32,34,51,60-63H,3-12,17-19,22H2,1-2H3,(H,45,53)(H,46,55)(H,47,52)(H,48,54)(H,49,56)(H,58,59)/t23-,24+,31+,32+,34+/m1/s1. The number of likely N-dealkylation sites (tertiary alicyclic amines) is 1. The summed E-state index contributed by atoms with van der Waals surface area (Å²) in [4.78, 5) is 90.8. The number of carbonyl (C=O) groups is 7. The van der Waals surface area contributed by atoms with Crippen molar-refractivity contribution in [3.63, 3.8) is 0 Å². The summed E-state index contributed by atoms with van der Waals surface area (Å²) in [6.07, 6.45) is 2.45. The third-order valence-corrected chi connectivity index (χ3v) is 10.6. The number of carboxylic acids is 1. The zero-order chi connectivity index (χ0) is 46.8. The molecule has 1 heterocycles. The molecular weight excluding hydrogens is 832 g/mol. The lowest BCUT2D eigenvalue weighted by molar-refractivity contribution is -0.147. The fourth-order valence-electron chi connectivity index (χ4n) is 6.91. The fraction of sp³-hybridized carbons (Fsp3) is 0.525. The van der Waals surface area contributed by atoms with Crippen molar-refractivity contribution in [2.24, 2.45) is 5.92 Å². The Kier molecular flexibility index (Phi) is 21.1. The van der Waals surface area contributed by atoms with Crippen LogP contribution < -0.4 is 37.5 Å². The van der Waals surface area contributed by atoms with Crippen LogP contribution in [0.1, 0.15) is 98.8 Å². The van der Waals surface area contributed by atoms with Crippen LogP contribution in [0.3, 0.4) is 0 Å². The number of nitrogens with one attached hydrogen (secondary N) is 5. The smallest absolute Gasteiger partial charge is 0.480 e. The lowest BCUT2D eigenvalue weighted by atomic mass is 9.80. The summed E-state index contributed by atoms with van der Waals surface area (Å²) in [5.41, 5.74) is -1.11. The van der Waals surface area contributed by atoms with Gasteiger partial charge in [0.2, 0.25) is 23.6 Å². The molecule has 0 saturated carbocycles. The Morgan fingerprint density at radius 1 is 0.794 bits per heavy atom. The summed E-state index contributed by atoms with van der Waals surface area (Å²) in [5.74, 6) is -7.77. The first kappa shape index (κ1) is 51.9.